The Morgan fingerprint density at radius 1 is 1.43 bits per heavy atom. The molecule has 1 aromatic rings. The van der Waals surface area contributed by atoms with Gasteiger partial charge in [0.2, 0.25) is 0 Å². The van der Waals surface area contributed by atoms with Gasteiger partial charge in [0.15, 0.2) is 0 Å². The van der Waals surface area contributed by atoms with Gasteiger partial charge in [0.1, 0.15) is 11.4 Å². The quantitative estimate of drug-likeness (QED) is 0.932. The lowest BCUT2D eigenvalue weighted by molar-refractivity contribution is 0.0291. The number of carbonyl (C=O) groups excluding carboxylic acids is 1. The molecule has 116 valence electrons. The zero-order chi connectivity index (χ0) is 15.5. The number of amides is 1. The molecule has 1 amide bonds. The largest absolute Gasteiger partial charge is 0.444 e. The molecule has 1 unspecified atom stereocenters. The van der Waals surface area contributed by atoms with E-state index in [1.54, 1.807) is 17.0 Å². The summed E-state index contributed by atoms with van der Waals surface area (Å²) in [5.74, 6) is -0.202. The van der Waals surface area contributed by atoms with Crippen molar-refractivity contribution in [3.05, 3.63) is 35.6 Å². The van der Waals surface area contributed by atoms with Crippen LogP contribution in [-0.4, -0.2) is 35.7 Å². The first-order valence-electron chi connectivity index (χ1n) is 7.30. The number of hydrogen-bond donors (Lipinski definition) is 1. The number of likely N-dealkylation sites (tertiary alicyclic amines) is 1. The van der Waals surface area contributed by atoms with Gasteiger partial charge in [-0.15, -0.1) is 0 Å². The lowest BCUT2D eigenvalue weighted by Gasteiger charge is -2.24. The summed E-state index contributed by atoms with van der Waals surface area (Å²) in [6.45, 7) is 7.31. The van der Waals surface area contributed by atoms with Crippen LogP contribution in [0.1, 0.15) is 32.8 Å². The molecule has 1 atom stereocenters. The molecule has 0 saturated carbocycles. The fraction of sp³-hybridized carbons (Fsp3) is 0.562. The van der Waals surface area contributed by atoms with Crippen molar-refractivity contribution >= 4 is 6.09 Å². The number of ether oxygens (including phenoxy) is 1. The van der Waals surface area contributed by atoms with Gasteiger partial charge in [0, 0.05) is 31.2 Å². The van der Waals surface area contributed by atoms with Gasteiger partial charge < -0.3 is 15.0 Å². The minimum atomic E-state index is -0.476. The summed E-state index contributed by atoms with van der Waals surface area (Å²) in [6, 6.07) is 6.90. The second-order valence-electron chi connectivity index (χ2n) is 6.38. The number of benzene rings is 1. The molecule has 4 nitrogen and oxygen atoms in total. The molecule has 1 heterocycles. The van der Waals surface area contributed by atoms with E-state index in [0.717, 1.165) is 6.42 Å². The SMILES string of the molecule is CC(C)(C)OC(=O)N1CCC(NCc2ccccc2F)C1. The van der Waals surface area contributed by atoms with E-state index < -0.39 is 5.60 Å². The highest BCUT2D eigenvalue weighted by Crippen LogP contribution is 2.16. The molecular formula is C16H23FN2O2. The number of halogens is 1. The number of nitrogens with zero attached hydrogens (tertiary/aromatic N) is 1. The van der Waals surface area contributed by atoms with Crippen molar-refractivity contribution in [2.75, 3.05) is 13.1 Å². The molecule has 0 radical (unpaired) electrons. The molecule has 2 rings (SSSR count). The monoisotopic (exact) mass is 294 g/mol. The topological polar surface area (TPSA) is 41.6 Å². The minimum absolute atomic E-state index is 0.178. The highest BCUT2D eigenvalue weighted by atomic mass is 19.1. The number of carbonyl (C=O) groups is 1. The molecule has 0 spiro atoms. The first-order chi connectivity index (χ1) is 9.85. The summed E-state index contributed by atoms with van der Waals surface area (Å²) < 4.78 is 18.9. The van der Waals surface area contributed by atoms with Crippen molar-refractivity contribution in [3.63, 3.8) is 0 Å². The smallest absolute Gasteiger partial charge is 0.410 e. The Labute approximate surface area is 125 Å². The summed E-state index contributed by atoms with van der Waals surface area (Å²) in [6.07, 6.45) is 0.575. The summed E-state index contributed by atoms with van der Waals surface area (Å²) in [5.41, 5.74) is 0.170. The number of nitrogens with one attached hydrogen (secondary N) is 1. The fourth-order valence-corrected chi connectivity index (χ4v) is 2.32. The van der Waals surface area contributed by atoms with Crippen molar-refractivity contribution in [3.8, 4) is 0 Å². The maximum Gasteiger partial charge on any atom is 0.410 e. The lowest BCUT2D eigenvalue weighted by Crippen LogP contribution is -2.38. The summed E-state index contributed by atoms with van der Waals surface area (Å²) in [5, 5.41) is 3.30. The summed E-state index contributed by atoms with van der Waals surface area (Å²) in [4.78, 5) is 13.6. The summed E-state index contributed by atoms with van der Waals surface area (Å²) in [7, 11) is 0. The highest BCUT2D eigenvalue weighted by Gasteiger charge is 2.29. The zero-order valence-corrected chi connectivity index (χ0v) is 12.9. The van der Waals surface area contributed by atoms with Crippen LogP contribution in [0.15, 0.2) is 24.3 Å². The van der Waals surface area contributed by atoms with Gasteiger partial charge in [-0.05, 0) is 33.3 Å². The molecule has 1 aromatic carbocycles. The molecule has 1 N–H and O–H groups in total. The van der Waals surface area contributed by atoms with Crippen LogP contribution < -0.4 is 5.32 Å². The van der Waals surface area contributed by atoms with E-state index in [1.807, 2.05) is 26.8 Å². The van der Waals surface area contributed by atoms with Crippen molar-refractivity contribution in [2.24, 2.45) is 0 Å². The molecule has 0 aliphatic carbocycles. The molecule has 1 fully saturated rings. The maximum absolute atomic E-state index is 13.5. The van der Waals surface area contributed by atoms with E-state index >= 15 is 0 Å². The molecule has 0 bridgehead atoms. The third kappa shape index (κ3) is 4.70. The number of rotatable bonds is 3. The van der Waals surface area contributed by atoms with Gasteiger partial charge in [-0.2, -0.15) is 0 Å². The molecule has 1 aliphatic heterocycles. The maximum atomic E-state index is 13.5. The van der Waals surface area contributed by atoms with E-state index in [4.69, 9.17) is 4.74 Å². The minimum Gasteiger partial charge on any atom is -0.444 e. The van der Waals surface area contributed by atoms with Crippen molar-refractivity contribution in [2.45, 2.75) is 45.4 Å². The van der Waals surface area contributed by atoms with Crippen molar-refractivity contribution in [1.82, 2.24) is 10.2 Å². The molecular weight excluding hydrogens is 271 g/mol. The van der Waals surface area contributed by atoms with Gasteiger partial charge in [-0.25, -0.2) is 9.18 Å². The van der Waals surface area contributed by atoms with Crippen LogP contribution in [0.25, 0.3) is 0 Å². The van der Waals surface area contributed by atoms with E-state index in [9.17, 15) is 9.18 Å². The second-order valence-corrected chi connectivity index (χ2v) is 6.38. The lowest BCUT2D eigenvalue weighted by atomic mass is 10.2. The average Bonchev–Trinajstić information content (AvgIpc) is 2.85. The van der Waals surface area contributed by atoms with Crippen molar-refractivity contribution < 1.29 is 13.9 Å². The number of hydrogen-bond acceptors (Lipinski definition) is 3. The summed E-state index contributed by atoms with van der Waals surface area (Å²) >= 11 is 0. The van der Waals surface area contributed by atoms with Crippen molar-refractivity contribution in [1.29, 1.82) is 0 Å². The van der Waals surface area contributed by atoms with Gasteiger partial charge >= 0.3 is 6.09 Å². The average molecular weight is 294 g/mol. The highest BCUT2D eigenvalue weighted by molar-refractivity contribution is 5.68. The van der Waals surface area contributed by atoms with Crippen LogP contribution in [0.2, 0.25) is 0 Å². The molecule has 0 aromatic heterocycles. The van der Waals surface area contributed by atoms with Crippen LogP contribution in [0.5, 0.6) is 0 Å². The first-order valence-corrected chi connectivity index (χ1v) is 7.30. The van der Waals surface area contributed by atoms with E-state index in [1.165, 1.54) is 6.07 Å². The normalized spacial score (nSPS) is 18.9. The first kappa shape index (κ1) is 15.8. The van der Waals surface area contributed by atoms with E-state index in [0.29, 0.717) is 25.2 Å². The Bertz CT molecular complexity index is 499. The molecule has 1 saturated heterocycles. The third-order valence-corrected chi connectivity index (χ3v) is 3.38. The van der Waals surface area contributed by atoms with Gasteiger partial charge in [-0.1, -0.05) is 18.2 Å². The standard InChI is InChI=1S/C16H23FN2O2/c1-16(2,3)21-15(20)19-9-8-13(11-19)18-10-12-6-4-5-7-14(12)17/h4-7,13,18H,8-11H2,1-3H3. The zero-order valence-electron chi connectivity index (χ0n) is 12.9. The van der Waals surface area contributed by atoms with E-state index in [-0.39, 0.29) is 18.0 Å². The van der Waals surface area contributed by atoms with Gasteiger partial charge in [-0.3, -0.25) is 0 Å². The van der Waals surface area contributed by atoms with Crippen LogP contribution >= 0.6 is 0 Å². The Balaban J connectivity index is 1.80. The predicted molar refractivity (Wildman–Crippen MR) is 79.5 cm³/mol. The Morgan fingerprint density at radius 2 is 2.14 bits per heavy atom. The van der Waals surface area contributed by atoms with Crippen LogP contribution in [0.4, 0.5) is 9.18 Å². The molecule has 21 heavy (non-hydrogen) atoms. The predicted octanol–water partition coefficient (Wildman–Crippen LogP) is 2.92. The van der Waals surface area contributed by atoms with Crippen LogP contribution in [-0.2, 0) is 11.3 Å². The second kappa shape index (κ2) is 6.43. The van der Waals surface area contributed by atoms with Gasteiger partial charge in [0.25, 0.3) is 0 Å². The van der Waals surface area contributed by atoms with Crippen LogP contribution in [0, 0.1) is 5.82 Å². The van der Waals surface area contributed by atoms with E-state index in [2.05, 4.69) is 5.32 Å². The Hall–Kier alpha value is -1.62. The molecule has 5 heteroatoms. The Kier molecular flexibility index (Phi) is 4.83. The van der Waals surface area contributed by atoms with Crippen LogP contribution in [0.3, 0.4) is 0 Å². The third-order valence-electron chi connectivity index (χ3n) is 3.38. The Morgan fingerprint density at radius 3 is 2.81 bits per heavy atom. The fourth-order valence-electron chi connectivity index (χ4n) is 2.32. The van der Waals surface area contributed by atoms with Gasteiger partial charge in [0.05, 0.1) is 0 Å². The molecule has 1 aliphatic rings.